The molecule has 19 heavy (non-hydrogen) atoms. The fourth-order valence-corrected chi connectivity index (χ4v) is 3.26. The molecule has 2 unspecified atom stereocenters. The summed E-state index contributed by atoms with van der Waals surface area (Å²) < 4.78 is 0. The maximum atomic E-state index is 12.5. The van der Waals surface area contributed by atoms with Crippen LogP contribution in [0.1, 0.15) is 41.2 Å². The van der Waals surface area contributed by atoms with Crippen molar-refractivity contribution in [2.24, 2.45) is 11.7 Å². The molecule has 2 rings (SSSR count). The van der Waals surface area contributed by atoms with Gasteiger partial charge in [-0.3, -0.25) is 4.79 Å². The van der Waals surface area contributed by atoms with E-state index in [0.29, 0.717) is 18.5 Å². The van der Waals surface area contributed by atoms with E-state index >= 15 is 0 Å². The van der Waals surface area contributed by atoms with Gasteiger partial charge in [-0.15, -0.1) is 11.3 Å². The van der Waals surface area contributed by atoms with E-state index in [1.807, 2.05) is 17.0 Å². The number of amides is 1. The summed E-state index contributed by atoms with van der Waals surface area (Å²) in [7, 11) is 0. The van der Waals surface area contributed by atoms with Crippen LogP contribution in [0.5, 0.6) is 0 Å². The molecule has 1 aliphatic rings. The van der Waals surface area contributed by atoms with E-state index in [1.165, 1.54) is 17.8 Å². The minimum atomic E-state index is 0.143. The lowest BCUT2D eigenvalue weighted by molar-refractivity contribution is 0.0556. The molecule has 1 saturated heterocycles. The van der Waals surface area contributed by atoms with Crippen molar-refractivity contribution >= 4 is 17.2 Å². The van der Waals surface area contributed by atoms with Gasteiger partial charge in [-0.05, 0) is 37.8 Å². The molecule has 2 atom stereocenters. The highest BCUT2D eigenvalue weighted by molar-refractivity contribution is 7.14. The summed E-state index contributed by atoms with van der Waals surface area (Å²) in [5.41, 5.74) is 5.35. The van der Waals surface area contributed by atoms with Gasteiger partial charge >= 0.3 is 0 Å². The normalized spacial score (nSPS) is 22.8. The zero-order chi connectivity index (χ0) is 13.8. The van der Waals surface area contributed by atoms with Gasteiger partial charge in [0.15, 0.2) is 0 Å². The van der Waals surface area contributed by atoms with Crippen LogP contribution in [0.25, 0.3) is 0 Å². The number of likely N-dealkylation sites (tertiary alicyclic amines) is 1. The average Bonchev–Trinajstić information content (AvgIpc) is 2.87. The van der Waals surface area contributed by atoms with Crippen LogP contribution in [-0.2, 0) is 0 Å². The summed E-state index contributed by atoms with van der Waals surface area (Å²) >= 11 is 1.46. The zero-order valence-corrected chi connectivity index (χ0v) is 12.3. The number of thiophene rings is 1. The maximum Gasteiger partial charge on any atom is 0.264 e. The molecule has 1 amide bonds. The van der Waals surface area contributed by atoms with E-state index in [2.05, 4.69) is 25.7 Å². The summed E-state index contributed by atoms with van der Waals surface area (Å²) in [4.78, 5) is 16.2. The Morgan fingerprint density at radius 3 is 3.05 bits per heavy atom. The molecular formula is C15H20N2OS. The third-order valence-electron chi connectivity index (χ3n) is 3.76. The van der Waals surface area contributed by atoms with E-state index in [1.54, 1.807) is 0 Å². The first-order valence-corrected chi connectivity index (χ1v) is 7.55. The Balaban J connectivity index is 2.12. The van der Waals surface area contributed by atoms with Gasteiger partial charge in [-0.25, -0.2) is 0 Å². The molecule has 0 spiro atoms. The van der Waals surface area contributed by atoms with E-state index in [0.717, 1.165) is 22.7 Å². The number of rotatable bonds is 1. The molecule has 4 heteroatoms. The van der Waals surface area contributed by atoms with Gasteiger partial charge in [0, 0.05) is 12.6 Å². The van der Waals surface area contributed by atoms with Crippen LogP contribution < -0.4 is 5.73 Å². The lowest BCUT2D eigenvalue weighted by Gasteiger charge is -2.37. The Kier molecular flexibility index (Phi) is 4.62. The van der Waals surface area contributed by atoms with Gasteiger partial charge in [0.05, 0.1) is 16.3 Å². The average molecular weight is 276 g/mol. The number of nitrogens with zero attached hydrogens (tertiary/aromatic N) is 1. The first-order valence-electron chi connectivity index (χ1n) is 6.73. The van der Waals surface area contributed by atoms with Crippen molar-refractivity contribution in [3.8, 4) is 11.8 Å². The molecule has 3 nitrogen and oxygen atoms in total. The van der Waals surface area contributed by atoms with E-state index < -0.39 is 0 Å². The molecule has 0 saturated carbocycles. The molecule has 1 aliphatic heterocycles. The van der Waals surface area contributed by atoms with Crippen LogP contribution >= 0.6 is 11.3 Å². The largest absolute Gasteiger partial charge is 0.335 e. The quantitative estimate of drug-likeness (QED) is 0.800. The molecule has 1 aromatic rings. The van der Waals surface area contributed by atoms with E-state index in [4.69, 9.17) is 5.73 Å². The van der Waals surface area contributed by atoms with Crippen molar-refractivity contribution < 1.29 is 4.79 Å². The van der Waals surface area contributed by atoms with Gasteiger partial charge in [0.2, 0.25) is 0 Å². The van der Waals surface area contributed by atoms with Crippen molar-refractivity contribution in [2.75, 3.05) is 13.1 Å². The Hall–Kier alpha value is -1.31. The Morgan fingerprint density at radius 2 is 2.32 bits per heavy atom. The van der Waals surface area contributed by atoms with Crippen LogP contribution in [0, 0.1) is 17.8 Å². The molecule has 0 aliphatic carbocycles. The molecule has 0 aromatic carbocycles. The highest BCUT2D eigenvalue weighted by atomic mass is 32.1. The number of hydrogen-bond donors (Lipinski definition) is 1. The third-order valence-corrected chi connectivity index (χ3v) is 4.75. The van der Waals surface area contributed by atoms with Gasteiger partial charge in [-0.2, -0.15) is 0 Å². The first kappa shape index (κ1) is 14.1. The van der Waals surface area contributed by atoms with Crippen LogP contribution in [0.3, 0.4) is 0 Å². The number of carbonyl (C=O) groups is 1. The van der Waals surface area contributed by atoms with Gasteiger partial charge in [0.25, 0.3) is 5.91 Å². The smallest absolute Gasteiger partial charge is 0.264 e. The summed E-state index contributed by atoms with van der Waals surface area (Å²) in [6.45, 7) is 5.58. The molecule has 0 bridgehead atoms. The molecule has 1 fully saturated rings. The number of piperidine rings is 1. The third kappa shape index (κ3) is 3.17. The van der Waals surface area contributed by atoms with Crippen molar-refractivity contribution in [2.45, 2.75) is 32.7 Å². The summed E-state index contributed by atoms with van der Waals surface area (Å²) in [6, 6.07) is 4.10. The van der Waals surface area contributed by atoms with Crippen molar-refractivity contribution in [3.63, 3.8) is 0 Å². The highest BCUT2D eigenvalue weighted by Crippen LogP contribution is 2.26. The highest BCUT2D eigenvalue weighted by Gasteiger charge is 2.29. The Bertz CT molecular complexity index is 512. The van der Waals surface area contributed by atoms with Crippen LogP contribution in [0.4, 0.5) is 0 Å². The predicted octanol–water partition coefficient (Wildman–Crippen LogP) is 2.32. The number of hydrogen-bond acceptors (Lipinski definition) is 3. The topological polar surface area (TPSA) is 46.3 Å². The van der Waals surface area contributed by atoms with Crippen molar-refractivity contribution in [1.82, 2.24) is 4.90 Å². The Morgan fingerprint density at radius 1 is 1.53 bits per heavy atom. The fraction of sp³-hybridized carbons (Fsp3) is 0.533. The number of carbonyl (C=O) groups excluding carboxylic acids is 1. The molecule has 1 aromatic heterocycles. The monoisotopic (exact) mass is 276 g/mol. The van der Waals surface area contributed by atoms with Crippen LogP contribution in [0.15, 0.2) is 12.1 Å². The molecular weight excluding hydrogens is 256 g/mol. The standard InChI is InChI=1S/C15H20N2OS/c1-11-5-4-10-17(12(11)2)15(18)14-8-7-13(19-14)6-3-9-16/h7-8,11-12H,4-5,9-10,16H2,1-2H3. The zero-order valence-electron chi connectivity index (χ0n) is 11.5. The lowest BCUT2D eigenvalue weighted by atomic mass is 9.92. The summed E-state index contributed by atoms with van der Waals surface area (Å²) in [5, 5.41) is 0. The fourth-order valence-electron chi connectivity index (χ4n) is 2.42. The second-order valence-corrected chi connectivity index (χ2v) is 6.11. The maximum absolute atomic E-state index is 12.5. The van der Waals surface area contributed by atoms with E-state index in [-0.39, 0.29) is 5.91 Å². The van der Waals surface area contributed by atoms with Crippen molar-refractivity contribution in [3.05, 3.63) is 21.9 Å². The van der Waals surface area contributed by atoms with E-state index in [9.17, 15) is 4.79 Å². The SMILES string of the molecule is CC1CCCN(C(=O)c2ccc(C#CCN)s2)C1C. The summed E-state index contributed by atoms with van der Waals surface area (Å²) in [5.74, 6) is 6.51. The predicted molar refractivity (Wildman–Crippen MR) is 79.1 cm³/mol. The second kappa shape index (κ2) is 6.23. The van der Waals surface area contributed by atoms with Crippen LogP contribution in [-0.4, -0.2) is 29.9 Å². The second-order valence-electron chi connectivity index (χ2n) is 5.03. The summed E-state index contributed by atoms with van der Waals surface area (Å²) in [6.07, 6.45) is 2.31. The molecule has 102 valence electrons. The number of nitrogens with two attached hydrogens (primary N) is 1. The lowest BCUT2D eigenvalue weighted by Crippen LogP contribution is -2.45. The van der Waals surface area contributed by atoms with Gasteiger partial charge < -0.3 is 10.6 Å². The van der Waals surface area contributed by atoms with Gasteiger partial charge in [-0.1, -0.05) is 18.8 Å². The van der Waals surface area contributed by atoms with Crippen LogP contribution in [0.2, 0.25) is 0 Å². The first-order chi connectivity index (χ1) is 9.13. The molecule has 2 heterocycles. The molecule has 2 N–H and O–H groups in total. The van der Waals surface area contributed by atoms with Crippen molar-refractivity contribution in [1.29, 1.82) is 0 Å². The minimum absolute atomic E-state index is 0.143. The Labute approximate surface area is 118 Å². The minimum Gasteiger partial charge on any atom is -0.335 e. The molecule has 0 radical (unpaired) electrons. The van der Waals surface area contributed by atoms with Gasteiger partial charge in [0.1, 0.15) is 0 Å².